The number of nitrogens with one attached hydrogen (secondary N) is 2. The van der Waals surface area contributed by atoms with Crippen molar-refractivity contribution in [3.05, 3.63) is 107 Å². The number of nitrogens with zero attached hydrogens (tertiary/aromatic N) is 1. The van der Waals surface area contributed by atoms with Gasteiger partial charge in [-0.25, -0.2) is 4.79 Å². The minimum absolute atomic E-state index is 0.244. The Morgan fingerprint density at radius 1 is 0.846 bits per heavy atom. The molecule has 3 aromatic carbocycles. The van der Waals surface area contributed by atoms with Gasteiger partial charge in [0.05, 0.1) is 0 Å². The zero-order valence-electron chi connectivity index (χ0n) is 23.7. The molecule has 7 heteroatoms. The normalized spacial score (nSPS) is 12.7. The van der Waals surface area contributed by atoms with Gasteiger partial charge in [0.2, 0.25) is 11.8 Å². The highest BCUT2D eigenvalue weighted by Crippen LogP contribution is 2.24. The van der Waals surface area contributed by atoms with Crippen LogP contribution in [-0.2, 0) is 27.3 Å². The van der Waals surface area contributed by atoms with Crippen LogP contribution >= 0.6 is 0 Å². The summed E-state index contributed by atoms with van der Waals surface area (Å²) in [4.78, 5) is 41.8. The van der Waals surface area contributed by atoms with Crippen LogP contribution in [0.2, 0.25) is 0 Å². The first-order valence-electron chi connectivity index (χ1n) is 13.1. The summed E-state index contributed by atoms with van der Waals surface area (Å²) in [5, 5.41) is 5.73. The molecule has 0 aromatic heterocycles. The zero-order chi connectivity index (χ0) is 28.6. The van der Waals surface area contributed by atoms with Crippen LogP contribution in [0.1, 0.15) is 54.6 Å². The first kappa shape index (κ1) is 29.4. The minimum atomic E-state index is -0.942. The van der Waals surface area contributed by atoms with Crippen LogP contribution in [0.4, 0.5) is 4.79 Å². The van der Waals surface area contributed by atoms with Crippen LogP contribution < -0.4 is 10.6 Å². The molecule has 0 bridgehead atoms. The predicted octanol–water partition coefficient (Wildman–Crippen LogP) is 5.26. The third-order valence-electron chi connectivity index (χ3n) is 6.12. The molecule has 2 N–H and O–H groups in total. The molecule has 0 radical (unpaired) electrons. The SMILES string of the molecule is Cc1cc(C)cc(C(C(=O)NCc2ccccc2)N(C)C(=O)C(Cc2ccccc2)NC(=O)OC(C)(C)C)c1. The molecule has 0 aliphatic rings. The van der Waals surface area contributed by atoms with E-state index in [1.807, 2.05) is 92.7 Å². The maximum absolute atomic E-state index is 14.0. The van der Waals surface area contributed by atoms with Gasteiger partial charge in [-0.15, -0.1) is 0 Å². The van der Waals surface area contributed by atoms with Crippen LogP contribution in [0.5, 0.6) is 0 Å². The molecule has 3 amide bonds. The fourth-order valence-electron chi connectivity index (χ4n) is 4.47. The number of carbonyl (C=O) groups excluding carboxylic acids is 3. The Morgan fingerprint density at radius 3 is 1.92 bits per heavy atom. The molecule has 0 aliphatic carbocycles. The molecule has 0 spiro atoms. The van der Waals surface area contributed by atoms with Gasteiger partial charge in [0.25, 0.3) is 0 Å². The lowest BCUT2D eigenvalue weighted by Crippen LogP contribution is -2.52. The lowest BCUT2D eigenvalue weighted by Gasteiger charge is -2.32. The summed E-state index contributed by atoms with van der Waals surface area (Å²) in [5.74, 6) is -0.709. The van der Waals surface area contributed by atoms with Gasteiger partial charge >= 0.3 is 6.09 Å². The number of ether oxygens (including phenoxy) is 1. The molecule has 0 fully saturated rings. The van der Waals surface area contributed by atoms with Crippen molar-refractivity contribution in [1.29, 1.82) is 0 Å². The molecule has 206 valence electrons. The quantitative estimate of drug-likeness (QED) is 0.396. The Hall–Kier alpha value is -4.13. The Kier molecular flexibility index (Phi) is 9.88. The van der Waals surface area contributed by atoms with E-state index < -0.39 is 29.7 Å². The number of alkyl carbamates (subject to hydrolysis) is 1. The van der Waals surface area contributed by atoms with E-state index in [2.05, 4.69) is 10.6 Å². The van der Waals surface area contributed by atoms with Crippen molar-refractivity contribution in [2.75, 3.05) is 7.05 Å². The summed E-state index contributed by atoms with van der Waals surface area (Å²) in [7, 11) is 1.60. The third kappa shape index (κ3) is 8.99. The van der Waals surface area contributed by atoms with E-state index in [1.54, 1.807) is 27.8 Å². The van der Waals surface area contributed by atoms with Crippen molar-refractivity contribution in [3.8, 4) is 0 Å². The standard InChI is InChI=1S/C32H39N3O4/c1-22-17-23(2)19-26(18-22)28(29(36)33-21-25-15-11-8-12-16-25)35(6)30(37)27(20-24-13-9-7-10-14-24)34-31(38)39-32(3,4)5/h7-19,27-28H,20-21H2,1-6H3,(H,33,36)(H,34,38). The fourth-order valence-corrected chi connectivity index (χ4v) is 4.47. The van der Waals surface area contributed by atoms with E-state index in [1.165, 1.54) is 4.90 Å². The van der Waals surface area contributed by atoms with E-state index in [9.17, 15) is 14.4 Å². The highest BCUT2D eigenvalue weighted by Gasteiger charge is 2.34. The Bertz CT molecular complexity index is 1250. The molecule has 3 rings (SSSR count). The van der Waals surface area contributed by atoms with E-state index in [-0.39, 0.29) is 12.3 Å². The fraction of sp³-hybridized carbons (Fsp3) is 0.344. The summed E-state index contributed by atoms with van der Waals surface area (Å²) in [5.41, 5.74) is 3.77. The highest BCUT2D eigenvalue weighted by atomic mass is 16.6. The van der Waals surface area contributed by atoms with Gasteiger partial charge in [-0.1, -0.05) is 90.0 Å². The maximum Gasteiger partial charge on any atom is 0.408 e. The van der Waals surface area contributed by atoms with Crippen molar-refractivity contribution in [2.45, 2.75) is 65.3 Å². The van der Waals surface area contributed by atoms with Crippen molar-refractivity contribution < 1.29 is 19.1 Å². The Morgan fingerprint density at radius 2 is 1.38 bits per heavy atom. The molecule has 0 saturated heterocycles. The number of likely N-dealkylation sites (N-methyl/N-ethyl adjacent to an activating group) is 1. The van der Waals surface area contributed by atoms with E-state index in [4.69, 9.17) is 4.74 Å². The molecule has 3 aromatic rings. The van der Waals surface area contributed by atoms with Crippen molar-refractivity contribution in [1.82, 2.24) is 15.5 Å². The summed E-state index contributed by atoms with van der Waals surface area (Å²) in [6.45, 7) is 9.53. The molecule has 7 nitrogen and oxygen atoms in total. The molecule has 0 heterocycles. The van der Waals surface area contributed by atoms with Gasteiger partial charge in [-0.2, -0.15) is 0 Å². The van der Waals surface area contributed by atoms with Crippen LogP contribution in [0, 0.1) is 13.8 Å². The highest BCUT2D eigenvalue weighted by molar-refractivity contribution is 5.92. The lowest BCUT2D eigenvalue weighted by molar-refractivity contribution is -0.140. The van der Waals surface area contributed by atoms with Crippen molar-refractivity contribution in [3.63, 3.8) is 0 Å². The number of hydrogen-bond acceptors (Lipinski definition) is 4. The molecular weight excluding hydrogens is 490 g/mol. The topological polar surface area (TPSA) is 87.7 Å². The predicted molar refractivity (Wildman–Crippen MR) is 153 cm³/mol. The zero-order valence-corrected chi connectivity index (χ0v) is 23.7. The number of carbonyl (C=O) groups is 3. The van der Waals surface area contributed by atoms with Gasteiger partial charge in [-0.05, 0) is 51.3 Å². The summed E-state index contributed by atoms with van der Waals surface area (Å²) in [6, 6.07) is 23.0. The smallest absolute Gasteiger partial charge is 0.408 e. The summed E-state index contributed by atoms with van der Waals surface area (Å²) in [6.07, 6.45) is -0.448. The summed E-state index contributed by atoms with van der Waals surface area (Å²) < 4.78 is 5.45. The average Bonchev–Trinajstić information content (AvgIpc) is 2.86. The second-order valence-electron chi connectivity index (χ2n) is 10.9. The average molecular weight is 530 g/mol. The van der Waals surface area contributed by atoms with Gasteiger partial charge in [0, 0.05) is 20.0 Å². The molecule has 0 aliphatic heterocycles. The number of benzene rings is 3. The van der Waals surface area contributed by atoms with E-state index in [0.29, 0.717) is 12.1 Å². The van der Waals surface area contributed by atoms with Crippen LogP contribution in [0.15, 0.2) is 78.9 Å². The number of amides is 3. The first-order chi connectivity index (χ1) is 18.4. The third-order valence-corrected chi connectivity index (χ3v) is 6.12. The second kappa shape index (κ2) is 13.1. The summed E-state index contributed by atoms with van der Waals surface area (Å²) >= 11 is 0. The molecule has 39 heavy (non-hydrogen) atoms. The van der Waals surface area contributed by atoms with Gasteiger partial charge < -0.3 is 20.3 Å². The first-order valence-corrected chi connectivity index (χ1v) is 13.1. The number of hydrogen-bond donors (Lipinski definition) is 2. The number of aryl methyl sites for hydroxylation is 2. The van der Waals surface area contributed by atoms with Crippen LogP contribution in [0.25, 0.3) is 0 Å². The number of rotatable bonds is 9. The Balaban J connectivity index is 1.93. The van der Waals surface area contributed by atoms with Crippen LogP contribution in [0.3, 0.4) is 0 Å². The monoisotopic (exact) mass is 529 g/mol. The van der Waals surface area contributed by atoms with Gasteiger partial charge in [0.1, 0.15) is 17.7 Å². The van der Waals surface area contributed by atoms with E-state index in [0.717, 1.165) is 22.3 Å². The largest absolute Gasteiger partial charge is 0.444 e. The molecule has 0 saturated carbocycles. The molecule has 2 atom stereocenters. The lowest BCUT2D eigenvalue weighted by atomic mass is 9.98. The van der Waals surface area contributed by atoms with Crippen molar-refractivity contribution in [2.24, 2.45) is 0 Å². The molecule has 2 unspecified atom stereocenters. The Labute approximate surface area is 231 Å². The minimum Gasteiger partial charge on any atom is -0.444 e. The molecular formula is C32H39N3O4. The van der Waals surface area contributed by atoms with Gasteiger partial charge in [0.15, 0.2) is 0 Å². The van der Waals surface area contributed by atoms with Crippen molar-refractivity contribution >= 4 is 17.9 Å². The van der Waals surface area contributed by atoms with Crippen LogP contribution in [-0.4, -0.2) is 41.5 Å². The maximum atomic E-state index is 14.0. The second-order valence-corrected chi connectivity index (χ2v) is 10.9. The van der Waals surface area contributed by atoms with Gasteiger partial charge in [-0.3, -0.25) is 9.59 Å². The van der Waals surface area contributed by atoms with E-state index >= 15 is 0 Å².